The van der Waals surface area contributed by atoms with Gasteiger partial charge in [-0.05, 0) is 43.3 Å². The Morgan fingerprint density at radius 1 is 1.11 bits per heavy atom. The summed E-state index contributed by atoms with van der Waals surface area (Å²) in [5.41, 5.74) is 0.655. The first kappa shape index (κ1) is 20.2. The molecule has 142 valence electrons. The van der Waals surface area contributed by atoms with Gasteiger partial charge in [-0.2, -0.15) is 10.2 Å². The lowest BCUT2D eigenvalue weighted by atomic mass is 10.2. The third kappa shape index (κ3) is 5.43. The molecule has 0 saturated heterocycles. The highest BCUT2D eigenvalue weighted by Gasteiger charge is 2.24. The van der Waals surface area contributed by atoms with E-state index in [2.05, 4.69) is 15.5 Å². The lowest BCUT2D eigenvalue weighted by Gasteiger charge is -2.12. The molecular weight excluding hydrogens is 372 g/mol. The lowest BCUT2D eigenvalue weighted by molar-refractivity contribution is -0.126. The first-order valence-electron chi connectivity index (χ1n) is 7.70. The summed E-state index contributed by atoms with van der Waals surface area (Å²) in [6.07, 6.45) is 0. The third-order valence-electron chi connectivity index (χ3n) is 3.45. The normalized spacial score (nSPS) is 12.6. The number of benzene rings is 2. The molecule has 9 nitrogen and oxygen atoms in total. The maximum Gasteiger partial charge on any atom is 0.258 e. The molecule has 2 rings (SSSR count). The van der Waals surface area contributed by atoms with Crippen LogP contribution in [0.4, 0.5) is 11.4 Å². The summed E-state index contributed by atoms with van der Waals surface area (Å²) in [6.45, 7) is 1.22. The highest BCUT2D eigenvalue weighted by atomic mass is 32.2. The van der Waals surface area contributed by atoms with Crippen molar-refractivity contribution in [3.05, 3.63) is 48.5 Å². The van der Waals surface area contributed by atoms with E-state index >= 15 is 0 Å². The standard InChI is InChI=1S/C17H18N4O5S/c1-11(22)16(17(23)19-14-5-3-4-6-15(14)26-2)21-20-12-7-9-13(10-8-12)27(18,24)25/h3-10,16H,1-2H3,(H,19,23)(H2,18,24,25)/t16-/m0/s1. The average Bonchev–Trinajstić information content (AvgIpc) is 2.61. The van der Waals surface area contributed by atoms with Crippen molar-refractivity contribution < 1.29 is 22.7 Å². The van der Waals surface area contributed by atoms with Gasteiger partial charge in [0.2, 0.25) is 16.1 Å². The smallest absolute Gasteiger partial charge is 0.258 e. The fourth-order valence-corrected chi connectivity index (χ4v) is 2.61. The first-order valence-corrected chi connectivity index (χ1v) is 9.25. The van der Waals surface area contributed by atoms with E-state index in [9.17, 15) is 18.0 Å². The zero-order valence-electron chi connectivity index (χ0n) is 14.6. The summed E-state index contributed by atoms with van der Waals surface area (Å²) in [4.78, 5) is 24.1. The number of hydrogen-bond acceptors (Lipinski definition) is 7. The van der Waals surface area contributed by atoms with Crippen LogP contribution in [-0.4, -0.2) is 33.3 Å². The van der Waals surface area contributed by atoms with E-state index in [4.69, 9.17) is 9.88 Å². The van der Waals surface area contributed by atoms with Crippen LogP contribution in [0, 0.1) is 0 Å². The number of methoxy groups -OCH3 is 1. The molecule has 27 heavy (non-hydrogen) atoms. The summed E-state index contributed by atoms with van der Waals surface area (Å²) >= 11 is 0. The number of nitrogens with two attached hydrogens (primary N) is 1. The molecule has 0 unspecified atom stereocenters. The molecule has 2 aromatic carbocycles. The van der Waals surface area contributed by atoms with Gasteiger partial charge in [0.15, 0.2) is 5.78 Å². The Morgan fingerprint density at radius 2 is 1.74 bits per heavy atom. The molecule has 0 spiro atoms. The first-order chi connectivity index (χ1) is 12.7. The number of Topliss-reactive ketones (excluding diaryl/α,β-unsaturated/α-hetero) is 1. The largest absolute Gasteiger partial charge is 0.495 e. The fraction of sp³-hybridized carbons (Fsp3) is 0.176. The summed E-state index contributed by atoms with van der Waals surface area (Å²) in [5.74, 6) is -0.743. The van der Waals surface area contributed by atoms with Crippen LogP contribution in [-0.2, 0) is 19.6 Å². The van der Waals surface area contributed by atoms with Gasteiger partial charge in [-0.3, -0.25) is 9.59 Å². The number of para-hydroxylation sites is 2. The predicted octanol–water partition coefficient (Wildman–Crippen LogP) is 2.02. The predicted molar refractivity (Wildman–Crippen MR) is 98.4 cm³/mol. The fourth-order valence-electron chi connectivity index (χ4n) is 2.09. The second kappa shape index (κ2) is 8.52. The Labute approximate surface area is 156 Å². The minimum atomic E-state index is -3.82. The van der Waals surface area contributed by atoms with Crippen LogP contribution in [0.25, 0.3) is 0 Å². The average molecular weight is 390 g/mol. The van der Waals surface area contributed by atoms with Crippen LogP contribution < -0.4 is 15.2 Å². The number of hydrogen-bond donors (Lipinski definition) is 2. The van der Waals surface area contributed by atoms with Gasteiger partial charge in [-0.1, -0.05) is 12.1 Å². The number of carbonyl (C=O) groups is 2. The molecule has 0 heterocycles. The van der Waals surface area contributed by atoms with Crippen LogP contribution in [0.3, 0.4) is 0 Å². The lowest BCUT2D eigenvalue weighted by Crippen LogP contribution is -2.31. The second-order valence-electron chi connectivity index (χ2n) is 5.46. The van der Waals surface area contributed by atoms with Crippen molar-refractivity contribution in [3.63, 3.8) is 0 Å². The van der Waals surface area contributed by atoms with Crippen molar-refractivity contribution in [2.45, 2.75) is 17.9 Å². The van der Waals surface area contributed by atoms with Gasteiger partial charge < -0.3 is 10.1 Å². The molecule has 0 aliphatic carbocycles. The molecule has 0 bridgehead atoms. The van der Waals surface area contributed by atoms with Crippen molar-refractivity contribution in [1.82, 2.24) is 0 Å². The molecule has 2 aromatic rings. The summed E-state index contributed by atoms with van der Waals surface area (Å²) in [5, 5.41) is 15.2. The van der Waals surface area contributed by atoms with Crippen molar-refractivity contribution in [3.8, 4) is 5.75 Å². The number of ketones is 1. The highest BCUT2D eigenvalue weighted by Crippen LogP contribution is 2.23. The quantitative estimate of drug-likeness (QED) is 0.550. The number of ether oxygens (including phenoxy) is 1. The number of anilines is 1. The van der Waals surface area contributed by atoms with Gasteiger partial charge in [0.1, 0.15) is 5.75 Å². The van der Waals surface area contributed by atoms with Gasteiger partial charge in [0.05, 0.1) is 23.4 Å². The Hall–Kier alpha value is -3.11. The van der Waals surface area contributed by atoms with Crippen molar-refractivity contribution in [1.29, 1.82) is 0 Å². The van der Waals surface area contributed by atoms with Crippen LogP contribution in [0.1, 0.15) is 6.92 Å². The Kier molecular flexibility index (Phi) is 6.37. The number of rotatable bonds is 7. The zero-order chi connectivity index (χ0) is 20.0. The number of carbonyl (C=O) groups excluding carboxylic acids is 2. The topological polar surface area (TPSA) is 140 Å². The zero-order valence-corrected chi connectivity index (χ0v) is 15.4. The maximum atomic E-state index is 12.4. The SMILES string of the molecule is COc1ccccc1NC(=O)[C@@H](N=Nc1ccc(S(N)(=O)=O)cc1)C(C)=O. The van der Waals surface area contributed by atoms with Gasteiger partial charge in [0.25, 0.3) is 5.91 Å². The Morgan fingerprint density at radius 3 is 2.30 bits per heavy atom. The molecule has 0 fully saturated rings. The molecule has 10 heteroatoms. The number of nitrogens with zero attached hydrogens (tertiary/aromatic N) is 2. The van der Waals surface area contributed by atoms with E-state index in [1.807, 2.05) is 0 Å². The number of amides is 1. The molecule has 0 radical (unpaired) electrons. The maximum absolute atomic E-state index is 12.4. The molecule has 0 aromatic heterocycles. The molecule has 0 saturated carbocycles. The number of sulfonamides is 1. The van der Waals surface area contributed by atoms with E-state index in [1.54, 1.807) is 24.3 Å². The van der Waals surface area contributed by atoms with Crippen LogP contribution in [0.2, 0.25) is 0 Å². The minimum Gasteiger partial charge on any atom is -0.495 e. The van der Waals surface area contributed by atoms with Gasteiger partial charge in [-0.25, -0.2) is 13.6 Å². The van der Waals surface area contributed by atoms with Gasteiger partial charge >= 0.3 is 0 Å². The molecule has 3 N–H and O–H groups in total. The number of azo groups is 1. The monoisotopic (exact) mass is 390 g/mol. The summed E-state index contributed by atoms with van der Waals surface area (Å²) in [6, 6.07) is 10.6. The third-order valence-corrected chi connectivity index (χ3v) is 4.38. The van der Waals surface area contributed by atoms with Gasteiger partial charge in [0, 0.05) is 0 Å². The summed E-state index contributed by atoms with van der Waals surface area (Å²) in [7, 11) is -2.36. The molecule has 1 amide bonds. The van der Waals surface area contributed by atoms with E-state index in [0.717, 1.165) is 0 Å². The molecule has 0 aliphatic rings. The van der Waals surface area contributed by atoms with E-state index in [1.165, 1.54) is 38.3 Å². The Bertz CT molecular complexity index is 971. The highest BCUT2D eigenvalue weighted by molar-refractivity contribution is 7.89. The van der Waals surface area contributed by atoms with Crippen molar-refractivity contribution >= 4 is 33.1 Å². The van der Waals surface area contributed by atoms with Gasteiger partial charge in [-0.15, -0.1) is 0 Å². The van der Waals surface area contributed by atoms with E-state index in [-0.39, 0.29) is 10.6 Å². The van der Waals surface area contributed by atoms with Crippen molar-refractivity contribution in [2.75, 3.05) is 12.4 Å². The minimum absolute atomic E-state index is 0.0847. The second-order valence-corrected chi connectivity index (χ2v) is 7.02. The molecule has 1 atom stereocenters. The van der Waals surface area contributed by atoms with Crippen LogP contribution in [0.15, 0.2) is 63.7 Å². The summed E-state index contributed by atoms with van der Waals surface area (Å²) < 4.78 is 27.6. The molecular formula is C17H18N4O5S. The number of primary sulfonamides is 1. The van der Waals surface area contributed by atoms with Crippen molar-refractivity contribution in [2.24, 2.45) is 15.4 Å². The van der Waals surface area contributed by atoms with E-state index < -0.39 is 27.8 Å². The van der Waals surface area contributed by atoms with Crippen LogP contribution >= 0.6 is 0 Å². The molecule has 0 aliphatic heterocycles. The van der Waals surface area contributed by atoms with Crippen LogP contribution in [0.5, 0.6) is 5.75 Å². The number of nitrogens with one attached hydrogen (secondary N) is 1. The Balaban J connectivity index is 2.18. The van der Waals surface area contributed by atoms with E-state index in [0.29, 0.717) is 11.4 Å².